The third-order valence-corrected chi connectivity index (χ3v) is 10.7. The maximum Gasteiger partial charge on any atom is 0.249 e. The molecule has 3 atom stereocenters. The van der Waals surface area contributed by atoms with E-state index in [1.807, 2.05) is 6.08 Å². The molecule has 0 rings (SSSR count). The van der Waals surface area contributed by atoms with E-state index in [1.54, 1.807) is 6.08 Å². The second kappa shape index (κ2) is 43.3. The fourth-order valence-corrected chi connectivity index (χ4v) is 7.03. The van der Waals surface area contributed by atoms with E-state index in [4.69, 9.17) is 0 Å². The first-order valence-corrected chi connectivity index (χ1v) is 23.3. The van der Waals surface area contributed by atoms with E-state index in [0.717, 1.165) is 44.9 Å². The summed E-state index contributed by atoms with van der Waals surface area (Å²) in [5.74, 6) is -0.516. The van der Waals surface area contributed by atoms with Crippen LogP contribution >= 0.6 is 0 Å². The van der Waals surface area contributed by atoms with E-state index in [1.165, 1.54) is 173 Å². The van der Waals surface area contributed by atoms with Crippen LogP contribution in [-0.2, 0) is 4.79 Å². The quantitative estimate of drug-likeness (QED) is 0.0370. The van der Waals surface area contributed by atoms with Crippen molar-refractivity contribution in [1.82, 2.24) is 5.32 Å². The Labute approximate surface area is 330 Å². The summed E-state index contributed by atoms with van der Waals surface area (Å²) in [5.41, 5.74) is 0. The van der Waals surface area contributed by atoms with Crippen LogP contribution in [0.15, 0.2) is 36.5 Å². The van der Waals surface area contributed by atoms with Crippen molar-refractivity contribution in [2.24, 2.45) is 0 Å². The number of rotatable bonds is 42. The molecule has 0 saturated carbocycles. The molecule has 5 heteroatoms. The van der Waals surface area contributed by atoms with E-state index in [-0.39, 0.29) is 6.61 Å². The molecule has 0 aliphatic carbocycles. The number of amides is 1. The third kappa shape index (κ3) is 38.6. The smallest absolute Gasteiger partial charge is 0.249 e. The lowest BCUT2D eigenvalue weighted by molar-refractivity contribution is -0.131. The maximum atomic E-state index is 12.4. The number of carbonyl (C=O) groups excluding carboxylic acids is 1. The molecule has 0 aliphatic heterocycles. The van der Waals surface area contributed by atoms with Gasteiger partial charge >= 0.3 is 0 Å². The highest BCUT2D eigenvalue weighted by atomic mass is 16.3. The van der Waals surface area contributed by atoms with Crippen molar-refractivity contribution < 1.29 is 20.1 Å². The van der Waals surface area contributed by atoms with Gasteiger partial charge in [-0.05, 0) is 38.5 Å². The Hall–Kier alpha value is -1.43. The number of nitrogens with one attached hydrogen (secondary N) is 1. The Balaban J connectivity index is 3.56. The van der Waals surface area contributed by atoms with Gasteiger partial charge in [0.05, 0.1) is 18.8 Å². The molecule has 53 heavy (non-hydrogen) atoms. The van der Waals surface area contributed by atoms with Gasteiger partial charge in [-0.1, -0.05) is 237 Å². The normalized spacial score (nSPS) is 13.8. The number of hydrogen-bond donors (Lipinski definition) is 4. The minimum atomic E-state index is -1.11. The Morgan fingerprint density at radius 3 is 1.13 bits per heavy atom. The zero-order chi connectivity index (χ0) is 38.7. The van der Waals surface area contributed by atoms with Gasteiger partial charge in [0.2, 0.25) is 5.91 Å². The zero-order valence-corrected chi connectivity index (χ0v) is 35.4. The summed E-state index contributed by atoms with van der Waals surface area (Å²) in [6, 6.07) is -0.817. The van der Waals surface area contributed by atoms with Gasteiger partial charge in [-0.2, -0.15) is 0 Å². The number of carbonyl (C=O) groups is 1. The molecule has 312 valence electrons. The van der Waals surface area contributed by atoms with Gasteiger partial charge in [0.15, 0.2) is 0 Å². The lowest BCUT2D eigenvalue weighted by atomic mass is 10.0. The molecular weight excluding hydrogens is 655 g/mol. The Morgan fingerprint density at radius 2 is 0.774 bits per heavy atom. The first kappa shape index (κ1) is 51.6. The van der Waals surface area contributed by atoms with E-state index in [2.05, 4.69) is 43.5 Å². The lowest BCUT2D eigenvalue weighted by Gasteiger charge is -2.21. The van der Waals surface area contributed by atoms with Crippen LogP contribution < -0.4 is 5.32 Å². The van der Waals surface area contributed by atoms with Gasteiger partial charge in [-0.25, -0.2) is 0 Å². The van der Waals surface area contributed by atoms with Gasteiger partial charge in [-0.3, -0.25) is 4.79 Å². The van der Waals surface area contributed by atoms with Crippen molar-refractivity contribution >= 4 is 5.91 Å². The number of unbranched alkanes of at least 4 members (excludes halogenated alkanes) is 30. The second-order valence-electron chi connectivity index (χ2n) is 16.0. The first-order chi connectivity index (χ1) is 26.1. The van der Waals surface area contributed by atoms with E-state index in [9.17, 15) is 20.1 Å². The minimum Gasteiger partial charge on any atom is -0.394 e. The number of allylic oxidation sites excluding steroid dienone is 5. The Kier molecular flexibility index (Phi) is 42.1. The Bertz CT molecular complexity index is 824. The monoisotopic (exact) mass is 746 g/mol. The van der Waals surface area contributed by atoms with Crippen LogP contribution in [0.3, 0.4) is 0 Å². The summed E-state index contributed by atoms with van der Waals surface area (Å²) in [6.45, 7) is 4.12. The van der Waals surface area contributed by atoms with Crippen LogP contribution in [0.2, 0.25) is 0 Å². The minimum absolute atomic E-state index is 0.380. The SMILES string of the molecule is CCCC/C=C/CC/C=C/CC/C=C/C(O)C(CO)NC(=O)C(O)CCCCCCCCCCCCCCCCCCCCCCCCCCCCC. The van der Waals surface area contributed by atoms with Crippen molar-refractivity contribution in [3.8, 4) is 0 Å². The van der Waals surface area contributed by atoms with Crippen molar-refractivity contribution in [2.75, 3.05) is 6.61 Å². The van der Waals surface area contributed by atoms with Crippen molar-refractivity contribution in [1.29, 1.82) is 0 Å². The Morgan fingerprint density at radius 1 is 0.453 bits per heavy atom. The summed E-state index contributed by atoms with van der Waals surface area (Å²) in [4.78, 5) is 12.4. The molecule has 0 aromatic heterocycles. The van der Waals surface area contributed by atoms with E-state index >= 15 is 0 Å². The number of aliphatic hydroxyl groups is 3. The zero-order valence-electron chi connectivity index (χ0n) is 35.4. The molecule has 3 unspecified atom stereocenters. The molecule has 0 bridgehead atoms. The fourth-order valence-electron chi connectivity index (χ4n) is 7.03. The van der Waals surface area contributed by atoms with Crippen molar-refractivity contribution in [3.63, 3.8) is 0 Å². The summed E-state index contributed by atoms with van der Waals surface area (Å²) < 4.78 is 0. The predicted molar refractivity (Wildman–Crippen MR) is 231 cm³/mol. The van der Waals surface area contributed by atoms with Gasteiger partial charge in [0, 0.05) is 0 Å². The summed E-state index contributed by atoms with van der Waals surface area (Å²) in [7, 11) is 0. The maximum absolute atomic E-state index is 12.4. The van der Waals surface area contributed by atoms with Gasteiger partial charge in [0.1, 0.15) is 6.10 Å². The van der Waals surface area contributed by atoms with Gasteiger partial charge < -0.3 is 20.6 Å². The molecule has 0 spiro atoms. The van der Waals surface area contributed by atoms with Gasteiger partial charge in [-0.15, -0.1) is 0 Å². The highest BCUT2D eigenvalue weighted by Gasteiger charge is 2.22. The molecule has 0 fully saturated rings. The number of aliphatic hydroxyl groups excluding tert-OH is 3. The molecule has 4 N–H and O–H groups in total. The van der Waals surface area contributed by atoms with Crippen molar-refractivity contribution in [3.05, 3.63) is 36.5 Å². The van der Waals surface area contributed by atoms with Crippen LogP contribution in [0.5, 0.6) is 0 Å². The lowest BCUT2D eigenvalue weighted by Crippen LogP contribution is -2.48. The standard InChI is InChI=1S/C48H91NO4/c1-3-5-7-9-11-13-15-17-18-19-20-21-22-23-24-25-26-27-28-29-30-31-33-35-37-39-41-43-47(52)48(53)49-45(44-50)46(51)42-40-38-36-34-32-16-14-12-10-8-6-4-2/h10,12,32,34,40,42,45-47,50-52H,3-9,11,13-31,33,35-39,41,43-44H2,1-2H3,(H,49,53)/b12-10+,34-32+,42-40+. The molecular formula is C48H91NO4. The molecule has 0 aromatic carbocycles. The molecule has 5 nitrogen and oxygen atoms in total. The third-order valence-electron chi connectivity index (χ3n) is 10.7. The largest absolute Gasteiger partial charge is 0.394 e. The van der Waals surface area contributed by atoms with Crippen LogP contribution in [0.4, 0.5) is 0 Å². The van der Waals surface area contributed by atoms with Crippen LogP contribution in [-0.4, -0.2) is 46.1 Å². The van der Waals surface area contributed by atoms with Crippen LogP contribution in [0.25, 0.3) is 0 Å². The molecule has 0 saturated heterocycles. The van der Waals surface area contributed by atoms with E-state index in [0.29, 0.717) is 6.42 Å². The molecule has 0 radical (unpaired) electrons. The average molecular weight is 746 g/mol. The first-order valence-electron chi connectivity index (χ1n) is 23.3. The topological polar surface area (TPSA) is 89.8 Å². The average Bonchev–Trinajstić information content (AvgIpc) is 3.16. The predicted octanol–water partition coefficient (Wildman–Crippen LogP) is 13.5. The number of hydrogen-bond acceptors (Lipinski definition) is 4. The highest BCUT2D eigenvalue weighted by Crippen LogP contribution is 2.17. The van der Waals surface area contributed by atoms with Crippen molar-refractivity contribution in [2.45, 2.75) is 257 Å². The summed E-state index contributed by atoms with van der Waals surface area (Å²) in [5, 5.41) is 33.0. The van der Waals surface area contributed by atoms with Gasteiger partial charge in [0.25, 0.3) is 0 Å². The molecule has 0 aliphatic rings. The molecule has 0 heterocycles. The van der Waals surface area contributed by atoms with Crippen LogP contribution in [0, 0.1) is 0 Å². The summed E-state index contributed by atoms with van der Waals surface area (Å²) >= 11 is 0. The molecule has 0 aromatic rings. The second-order valence-corrected chi connectivity index (χ2v) is 16.0. The summed E-state index contributed by atoms with van der Waals surface area (Å²) in [6.07, 6.45) is 54.9. The highest BCUT2D eigenvalue weighted by molar-refractivity contribution is 5.80. The molecule has 1 amide bonds. The fraction of sp³-hybridized carbons (Fsp3) is 0.854. The van der Waals surface area contributed by atoms with Crippen LogP contribution in [0.1, 0.15) is 239 Å². The van der Waals surface area contributed by atoms with E-state index < -0.39 is 24.2 Å².